The van der Waals surface area contributed by atoms with Crippen molar-refractivity contribution in [1.82, 2.24) is 24.9 Å². The number of hydrogen-bond acceptors (Lipinski definition) is 5. The average Bonchev–Trinajstić information content (AvgIpc) is 3.51. The van der Waals surface area contributed by atoms with E-state index >= 15 is 0 Å². The van der Waals surface area contributed by atoms with E-state index in [1.165, 1.54) is 6.33 Å². The second-order valence-electron chi connectivity index (χ2n) is 9.20. The molecule has 0 aliphatic heterocycles. The number of benzene rings is 4. The SMILES string of the molecule is Nc1cccc(C(c2ncc[nH]2)C(c2ccccc2)(c2ccccc2)c2ccccc2)c1-c1ncnc(Cl)n1. The normalized spacial score (nSPS) is 12.2. The van der Waals surface area contributed by atoms with Crippen molar-refractivity contribution in [3.8, 4) is 11.4 Å². The molecule has 2 aromatic heterocycles. The van der Waals surface area contributed by atoms with Crippen molar-refractivity contribution in [1.29, 1.82) is 0 Å². The largest absolute Gasteiger partial charge is 0.398 e. The van der Waals surface area contributed by atoms with Crippen molar-refractivity contribution >= 4 is 17.3 Å². The third-order valence-electron chi connectivity index (χ3n) is 7.12. The highest BCUT2D eigenvalue weighted by Crippen LogP contribution is 2.53. The number of anilines is 1. The van der Waals surface area contributed by atoms with Gasteiger partial charge in [0.25, 0.3) is 0 Å². The van der Waals surface area contributed by atoms with Crippen molar-refractivity contribution < 1.29 is 0 Å². The van der Waals surface area contributed by atoms with Gasteiger partial charge in [0.1, 0.15) is 12.2 Å². The molecule has 0 amide bonds. The Bertz CT molecular complexity index is 1580. The maximum Gasteiger partial charge on any atom is 0.225 e. The monoisotopic (exact) mass is 528 g/mol. The third-order valence-corrected chi connectivity index (χ3v) is 7.30. The number of rotatable bonds is 7. The first kappa shape index (κ1) is 24.5. The number of nitrogen functional groups attached to an aromatic ring is 1. The van der Waals surface area contributed by atoms with E-state index in [0.717, 1.165) is 28.1 Å². The number of nitrogens with one attached hydrogen (secondary N) is 1. The van der Waals surface area contributed by atoms with Crippen molar-refractivity contribution in [2.75, 3.05) is 5.73 Å². The zero-order valence-corrected chi connectivity index (χ0v) is 21.7. The van der Waals surface area contributed by atoms with Gasteiger partial charge in [-0.2, -0.15) is 4.98 Å². The summed E-state index contributed by atoms with van der Waals surface area (Å²) in [5.41, 5.74) is 11.4. The Morgan fingerprint density at radius 1 is 0.692 bits per heavy atom. The van der Waals surface area contributed by atoms with E-state index in [1.807, 2.05) is 36.5 Å². The molecule has 0 saturated carbocycles. The van der Waals surface area contributed by atoms with Crippen LogP contribution in [-0.2, 0) is 5.41 Å². The lowest BCUT2D eigenvalue weighted by atomic mass is 9.59. The molecule has 6 aromatic rings. The molecule has 6 rings (SSSR count). The fourth-order valence-electron chi connectivity index (χ4n) is 5.61. The third kappa shape index (κ3) is 4.35. The minimum absolute atomic E-state index is 0.101. The van der Waals surface area contributed by atoms with Gasteiger partial charge in [-0.3, -0.25) is 0 Å². The molecule has 0 aliphatic rings. The van der Waals surface area contributed by atoms with Gasteiger partial charge in [0.2, 0.25) is 5.28 Å². The fourth-order valence-corrected chi connectivity index (χ4v) is 5.73. The van der Waals surface area contributed by atoms with Crippen molar-refractivity contribution in [3.05, 3.63) is 161 Å². The topological polar surface area (TPSA) is 93.4 Å². The summed E-state index contributed by atoms with van der Waals surface area (Å²) in [5, 5.41) is 0.101. The summed E-state index contributed by atoms with van der Waals surface area (Å²) >= 11 is 6.23. The number of aromatic nitrogens is 5. The van der Waals surface area contributed by atoms with E-state index in [4.69, 9.17) is 22.3 Å². The number of aromatic amines is 1. The number of nitrogens with zero attached hydrogens (tertiary/aromatic N) is 4. The summed E-state index contributed by atoms with van der Waals surface area (Å²) in [7, 11) is 0. The molecule has 2 heterocycles. The van der Waals surface area contributed by atoms with Crippen LogP contribution in [0.25, 0.3) is 11.4 Å². The van der Waals surface area contributed by atoms with Gasteiger partial charge in [0.15, 0.2) is 5.82 Å². The molecule has 0 radical (unpaired) electrons. The van der Waals surface area contributed by atoms with Crippen LogP contribution in [0.5, 0.6) is 0 Å². The molecule has 1 atom stereocenters. The number of nitrogens with two attached hydrogens (primary N) is 1. The van der Waals surface area contributed by atoms with E-state index in [1.54, 1.807) is 6.20 Å². The van der Waals surface area contributed by atoms with Crippen LogP contribution >= 0.6 is 11.6 Å². The van der Waals surface area contributed by atoms with Gasteiger partial charge in [-0.15, -0.1) is 0 Å². The number of hydrogen-bond donors (Lipinski definition) is 2. The van der Waals surface area contributed by atoms with Crippen molar-refractivity contribution in [3.63, 3.8) is 0 Å². The lowest BCUT2D eigenvalue weighted by Crippen LogP contribution is -2.38. The van der Waals surface area contributed by atoms with Crippen LogP contribution in [-0.4, -0.2) is 24.9 Å². The van der Waals surface area contributed by atoms with Crippen molar-refractivity contribution in [2.24, 2.45) is 0 Å². The summed E-state index contributed by atoms with van der Waals surface area (Å²) in [4.78, 5) is 21.2. The Labute approximate surface area is 231 Å². The Morgan fingerprint density at radius 2 is 1.28 bits per heavy atom. The molecule has 190 valence electrons. The van der Waals surface area contributed by atoms with E-state index in [2.05, 4.69) is 98.8 Å². The van der Waals surface area contributed by atoms with Gasteiger partial charge in [-0.25, -0.2) is 15.0 Å². The second kappa shape index (κ2) is 10.5. The molecule has 0 aliphatic carbocycles. The van der Waals surface area contributed by atoms with Gasteiger partial charge in [0, 0.05) is 23.6 Å². The summed E-state index contributed by atoms with van der Waals surface area (Å²) in [6.07, 6.45) is 5.03. The molecular formula is C32H25ClN6. The highest BCUT2D eigenvalue weighted by atomic mass is 35.5. The predicted molar refractivity (Wildman–Crippen MR) is 154 cm³/mol. The van der Waals surface area contributed by atoms with Gasteiger partial charge in [0.05, 0.1) is 11.3 Å². The lowest BCUT2D eigenvalue weighted by molar-refractivity contribution is 0.519. The summed E-state index contributed by atoms with van der Waals surface area (Å²) in [5.74, 6) is 0.815. The molecule has 0 spiro atoms. The van der Waals surface area contributed by atoms with E-state index in [-0.39, 0.29) is 11.2 Å². The smallest absolute Gasteiger partial charge is 0.225 e. The molecule has 4 aromatic carbocycles. The molecular weight excluding hydrogens is 504 g/mol. The van der Waals surface area contributed by atoms with Crippen LogP contribution < -0.4 is 5.73 Å². The Balaban J connectivity index is 1.79. The van der Waals surface area contributed by atoms with Crippen LogP contribution in [0.15, 0.2) is 128 Å². The maximum atomic E-state index is 6.68. The average molecular weight is 529 g/mol. The van der Waals surface area contributed by atoms with Crippen LogP contribution in [0.2, 0.25) is 5.28 Å². The van der Waals surface area contributed by atoms with Crippen molar-refractivity contribution in [2.45, 2.75) is 11.3 Å². The molecule has 0 saturated heterocycles. The molecule has 3 N–H and O–H groups in total. The number of halogens is 1. The second-order valence-corrected chi connectivity index (χ2v) is 9.54. The van der Waals surface area contributed by atoms with Gasteiger partial charge in [-0.1, -0.05) is 103 Å². The minimum atomic E-state index is -0.721. The number of H-pyrrole nitrogens is 1. The van der Waals surface area contributed by atoms with Gasteiger partial charge in [-0.05, 0) is 39.9 Å². The fraction of sp³-hybridized carbons (Fsp3) is 0.0625. The first-order chi connectivity index (χ1) is 19.2. The maximum absolute atomic E-state index is 6.68. The van der Waals surface area contributed by atoms with Crippen LogP contribution in [0, 0.1) is 0 Å². The highest BCUT2D eigenvalue weighted by molar-refractivity contribution is 6.28. The summed E-state index contributed by atoms with van der Waals surface area (Å²) < 4.78 is 0. The Kier molecular flexibility index (Phi) is 6.61. The lowest BCUT2D eigenvalue weighted by Gasteiger charge is -2.43. The van der Waals surface area contributed by atoms with Gasteiger partial charge < -0.3 is 10.7 Å². The van der Waals surface area contributed by atoms with Gasteiger partial charge >= 0.3 is 0 Å². The highest BCUT2D eigenvalue weighted by Gasteiger charge is 2.47. The molecule has 39 heavy (non-hydrogen) atoms. The molecule has 0 bridgehead atoms. The van der Waals surface area contributed by atoms with E-state index < -0.39 is 5.41 Å². The summed E-state index contributed by atoms with van der Waals surface area (Å²) in [6.45, 7) is 0. The first-order valence-electron chi connectivity index (χ1n) is 12.6. The molecule has 6 nitrogen and oxygen atoms in total. The Hall–Kier alpha value is -4.81. The zero-order valence-electron chi connectivity index (χ0n) is 20.9. The molecule has 1 unspecified atom stereocenters. The van der Waals surface area contributed by atoms with E-state index in [0.29, 0.717) is 17.1 Å². The molecule has 0 fully saturated rings. The Morgan fingerprint density at radius 3 is 1.79 bits per heavy atom. The van der Waals surface area contributed by atoms with Crippen LogP contribution in [0.4, 0.5) is 5.69 Å². The standard InChI is InChI=1S/C32H25ClN6/c33-31-38-21-37-29(39-31)27-25(17-10-18-26(27)34)28(30-35-19-20-36-30)32(22-11-4-1-5-12-22,23-13-6-2-7-14-23)24-15-8-3-9-16-24/h1-21,28H,34H2,(H,35,36). The van der Waals surface area contributed by atoms with E-state index in [9.17, 15) is 0 Å². The predicted octanol–water partition coefficient (Wildman–Crippen LogP) is 6.66. The number of imidazole rings is 1. The zero-order chi connectivity index (χ0) is 26.7. The quantitative estimate of drug-likeness (QED) is 0.178. The minimum Gasteiger partial charge on any atom is -0.398 e. The molecule has 7 heteroatoms. The first-order valence-corrected chi connectivity index (χ1v) is 13.0. The summed E-state index contributed by atoms with van der Waals surface area (Å²) in [6, 6.07) is 37.4. The van der Waals surface area contributed by atoms with Crippen LogP contribution in [0.1, 0.15) is 34.0 Å². The van der Waals surface area contributed by atoms with Crippen LogP contribution in [0.3, 0.4) is 0 Å².